The molecule has 0 spiro atoms. The third kappa shape index (κ3) is 45.1. The van der Waals surface area contributed by atoms with Gasteiger partial charge in [0.25, 0.3) is 0 Å². The third-order valence-corrected chi connectivity index (χ3v) is 2.32. The van der Waals surface area contributed by atoms with E-state index in [2.05, 4.69) is 0 Å². The van der Waals surface area contributed by atoms with Crippen molar-refractivity contribution in [2.24, 2.45) is 22.9 Å². The zero-order valence-corrected chi connectivity index (χ0v) is 17.2. The molecule has 0 aliphatic rings. The number of halogens is 2. The molecular weight excluding hydrogens is 513 g/mol. The van der Waals surface area contributed by atoms with Crippen molar-refractivity contribution in [1.82, 2.24) is 0 Å². The van der Waals surface area contributed by atoms with Gasteiger partial charge in [0.1, 0.15) is 0 Å². The zero-order valence-electron chi connectivity index (χ0n) is 11.9. The SMILES string of the molecule is NCCCCCCN.NCCCCCCN.[I-].[I-].[Ni+2]. The van der Waals surface area contributed by atoms with Gasteiger partial charge in [-0.25, -0.2) is 0 Å². The Morgan fingerprint density at radius 2 is 0.526 bits per heavy atom. The van der Waals surface area contributed by atoms with Crippen molar-refractivity contribution in [3.8, 4) is 0 Å². The molecule has 0 aromatic carbocycles. The Balaban J connectivity index is -0.0000000594. The van der Waals surface area contributed by atoms with Crippen LogP contribution >= 0.6 is 0 Å². The Morgan fingerprint density at radius 1 is 0.368 bits per heavy atom. The Kier molecular flexibility index (Phi) is 63.2. The Morgan fingerprint density at radius 3 is 0.632 bits per heavy atom. The molecule has 0 fully saturated rings. The van der Waals surface area contributed by atoms with Crippen LogP contribution < -0.4 is 70.9 Å². The van der Waals surface area contributed by atoms with Gasteiger partial charge in [-0.05, 0) is 51.9 Å². The quantitative estimate of drug-likeness (QED) is 0.126. The van der Waals surface area contributed by atoms with E-state index >= 15 is 0 Å². The molecule has 7 heteroatoms. The second kappa shape index (κ2) is 36.7. The van der Waals surface area contributed by atoms with E-state index in [1.807, 2.05) is 0 Å². The minimum atomic E-state index is 0. The van der Waals surface area contributed by atoms with Gasteiger partial charge in [0.15, 0.2) is 0 Å². The molecule has 4 nitrogen and oxygen atoms in total. The summed E-state index contributed by atoms with van der Waals surface area (Å²) in [5.41, 5.74) is 21.1. The first-order valence-corrected chi connectivity index (χ1v) is 6.63. The Bertz CT molecular complexity index is 89.7. The van der Waals surface area contributed by atoms with Crippen molar-refractivity contribution in [3.63, 3.8) is 0 Å². The smallest absolute Gasteiger partial charge is 1.00 e. The molecule has 0 aliphatic heterocycles. The van der Waals surface area contributed by atoms with Gasteiger partial charge < -0.3 is 70.9 Å². The van der Waals surface area contributed by atoms with Crippen LogP contribution in [0.25, 0.3) is 0 Å². The number of unbranched alkanes of at least 4 members (excludes halogenated alkanes) is 6. The summed E-state index contributed by atoms with van der Waals surface area (Å²) in [5.74, 6) is 0. The van der Waals surface area contributed by atoms with Crippen LogP contribution in [-0.4, -0.2) is 26.2 Å². The maximum Gasteiger partial charge on any atom is 2.00 e. The molecule has 0 rings (SSSR count). The molecule has 124 valence electrons. The molecular formula is C12H32I2N4Ni. The molecule has 0 aromatic heterocycles. The van der Waals surface area contributed by atoms with Crippen LogP contribution in [0.15, 0.2) is 0 Å². The van der Waals surface area contributed by atoms with E-state index < -0.39 is 0 Å². The summed E-state index contributed by atoms with van der Waals surface area (Å²) in [4.78, 5) is 0. The first kappa shape index (κ1) is 32.7. The fourth-order valence-electron chi connectivity index (χ4n) is 1.28. The van der Waals surface area contributed by atoms with E-state index in [0.29, 0.717) is 0 Å². The van der Waals surface area contributed by atoms with E-state index in [0.717, 1.165) is 51.9 Å². The fraction of sp³-hybridized carbons (Fsp3) is 1.00. The van der Waals surface area contributed by atoms with Gasteiger partial charge >= 0.3 is 16.5 Å². The molecule has 8 N–H and O–H groups in total. The van der Waals surface area contributed by atoms with E-state index in [1.54, 1.807) is 0 Å². The third-order valence-electron chi connectivity index (χ3n) is 2.32. The molecule has 0 atom stereocenters. The predicted octanol–water partition coefficient (Wildman–Crippen LogP) is -5.07. The van der Waals surface area contributed by atoms with Gasteiger partial charge in [0.05, 0.1) is 0 Å². The Labute approximate surface area is 163 Å². The maximum absolute atomic E-state index is 5.28. The molecule has 0 saturated heterocycles. The van der Waals surface area contributed by atoms with Crippen LogP contribution in [0, 0.1) is 0 Å². The topological polar surface area (TPSA) is 104 Å². The summed E-state index contributed by atoms with van der Waals surface area (Å²) in [5, 5.41) is 0. The number of rotatable bonds is 10. The van der Waals surface area contributed by atoms with Crippen molar-refractivity contribution < 1.29 is 64.4 Å². The summed E-state index contributed by atoms with van der Waals surface area (Å²) in [6, 6.07) is 0. The van der Waals surface area contributed by atoms with Gasteiger partial charge in [-0.2, -0.15) is 0 Å². The fourth-order valence-corrected chi connectivity index (χ4v) is 1.28. The molecule has 19 heavy (non-hydrogen) atoms. The summed E-state index contributed by atoms with van der Waals surface area (Å²) >= 11 is 0. The van der Waals surface area contributed by atoms with Crippen LogP contribution in [-0.2, 0) is 16.5 Å². The molecule has 0 unspecified atom stereocenters. The average molecular weight is 545 g/mol. The van der Waals surface area contributed by atoms with Gasteiger partial charge in [-0.3, -0.25) is 0 Å². The van der Waals surface area contributed by atoms with Crippen LogP contribution in [0.5, 0.6) is 0 Å². The zero-order chi connectivity index (χ0) is 12.5. The van der Waals surface area contributed by atoms with E-state index in [-0.39, 0.29) is 64.4 Å². The van der Waals surface area contributed by atoms with E-state index in [4.69, 9.17) is 22.9 Å². The normalized spacial score (nSPS) is 8.21. The van der Waals surface area contributed by atoms with Crippen molar-refractivity contribution in [1.29, 1.82) is 0 Å². The maximum atomic E-state index is 5.28. The predicted molar refractivity (Wildman–Crippen MR) is 73.2 cm³/mol. The van der Waals surface area contributed by atoms with Crippen LogP contribution in [0.3, 0.4) is 0 Å². The minimum Gasteiger partial charge on any atom is -1.00 e. The second-order valence-corrected chi connectivity index (χ2v) is 3.98. The van der Waals surface area contributed by atoms with Crippen LogP contribution in [0.1, 0.15) is 51.4 Å². The summed E-state index contributed by atoms with van der Waals surface area (Å²) in [6.45, 7) is 3.30. The first-order valence-electron chi connectivity index (χ1n) is 6.63. The molecule has 0 aliphatic carbocycles. The summed E-state index contributed by atoms with van der Waals surface area (Å²) < 4.78 is 0. The van der Waals surface area contributed by atoms with E-state index in [1.165, 1.54) is 25.7 Å². The number of hydrogen-bond donors (Lipinski definition) is 4. The summed E-state index contributed by atoms with van der Waals surface area (Å²) in [7, 11) is 0. The monoisotopic (exact) mass is 544 g/mol. The van der Waals surface area contributed by atoms with Crippen molar-refractivity contribution in [2.75, 3.05) is 26.2 Å². The first-order chi connectivity index (χ1) is 7.83. The molecule has 0 aromatic rings. The van der Waals surface area contributed by atoms with E-state index in [9.17, 15) is 0 Å². The molecule has 0 radical (unpaired) electrons. The van der Waals surface area contributed by atoms with Gasteiger partial charge in [0.2, 0.25) is 0 Å². The standard InChI is InChI=1S/2C6H16N2.2HI.Ni/c2*7-5-3-1-2-4-6-8;;;/h2*1-8H2;2*1H;/q;;;;+2/p-2. The largest absolute Gasteiger partial charge is 2.00 e. The second-order valence-electron chi connectivity index (χ2n) is 3.98. The Hall–Kier alpha value is 1.79. The minimum absolute atomic E-state index is 0. The van der Waals surface area contributed by atoms with Crippen LogP contribution in [0.4, 0.5) is 0 Å². The molecule has 0 heterocycles. The number of hydrogen-bond acceptors (Lipinski definition) is 4. The van der Waals surface area contributed by atoms with Gasteiger partial charge in [-0.15, -0.1) is 0 Å². The van der Waals surface area contributed by atoms with Crippen molar-refractivity contribution >= 4 is 0 Å². The average Bonchev–Trinajstić information content (AvgIpc) is 2.31. The molecule has 0 bridgehead atoms. The van der Waals surface area contributed by atoms with Crippen molar-refractivity contribution in [3.05, 3.63) is 0 Å². The van der Waals surface area contributed by atoms with Crippen LogP contribution in [0.2, 0.25) is 0 Å². The van der Waals surface area contributed by atoms with Gasteiger partial charge in [0, 0.05) is 0 Å². The van der Waals surface area contributed by atoms with Gasteiger partial charge in [-0.1, -0.05) is 25.7 Å². The molecule has 0 amide bonds. The van der Waals surface area contributed by atoms with Crippen molar-refractivity contribution in [2.45, 2.75) is 51.4 Å². The summed E-state index contributed by atoms with van der Waals surface area (Å²) in [6.07, 6.45) is 9.59. The number of nitrogens with two attached hydrogens (primary N) is 4. The molecule has 0 saturated carbocycles.